The predicted molar refractivity (Wildman–Crippen MR) is 67.4 cm³/mol. The van der Waals surface area contributed by atoms with E-state index in [0.717, 1.165) is 0 Å². The highest BCUT2D eigenvalue weighted by atomic mass is 35.5. The summed E-state index contributed by atoms with van der Waals surface area (Å²) in [5.41, 5.74) is 1.09. The van der Waals surface area contributed by atoms with Crippen LogP contribution in [0.3, 0.4) is 0 Å². The molecule has 1 heterocycles. The van der Waals surface area contributed by atoms with Crippen molar-refractivity contribution in [2.75, 3.05) is 5.32 Å². The third-order valence-corrected chi connectivity index (χ3v) is 2.70. The number of carbonyl (C=O) groups excluding carboxylic acids is 1. The number of amides is 1. The number of anilines is 1. The minimum Gasteiger partial charge on any atom is -0.321 e. The van der Waals surface area contributed by atoms with E-state index in [0.29, 0.717) is 21.3 Å². The molecule has 0 aliphatic heterocycles. The van der Waals surface area contributed by atoms with E-state index < -0.39 is 0 Å². The first-order valence-corrected chi connectivity index (χ1v) is 5.65. The second kappa shape index (κ2) is 5.17. The fourth-order valence-corrected chi connectivity index (χ4v) is 1.84. The van der Waals surface area contributed by atoms with Gasteiger partial charge in [0.15, 0.2) is 12.4 Å². The van der Waals surface area contributed by atoms with Gasteiger partial charge in [-0.25, -0.2) is 4.98 Å². The lowest BCUT2D eigenvalue weighted by molar-refractivity contribution is -0.377. The second-order valence-corrected chi connectivity index (χ2v) is 4.21. The van der Waals surface area contributed by atoms with Crippen LogP contribution in [0.2, 0.25) is 10.0 Å². The van der Waals surface area contributed by atoms with E-state index in [1.807, 2.05) is 0 Å². The van der Waals surface area contributed by atoms with Crippen molar-refractivity contribution >= 4 is 34.8 Å². The van der Waals surface area contributed by atoms with E-state index in [1.165, 1.54) is 6.07 Å². The molecule has 2 rings (SSSR count). The summed E-state index contributed by atoms with van der Waals surface area (Å²) in [5, 5.41) is 3.56. The maximum Gasteiger partial charge on any atom is 0.257 e. The molecular formula is C12H9Cl2N2O+. The molecule has 0 aliphatic carbocycles. The van der Waals surface area contributed by atoms with E-state index in [9.17, 15) is 4.79 Å². The summed E-state index contributed by atoms with van der Waals surface area (Å²) in [7, 11) is 0. The first-order chi connectivity index (χ1) is 8.16. The Balaban J connectivity index is 2.21. The van der Waals surface area contributed by atoms with Gasteiger partial charge in [0.2, 0.25) is 0 Å². The molecule has 0 radical (unpaired) electrons. The van der Waals surface area contributed by atoms with Gasteiger partial charge < -0.3 is 5.32 Å². The zero-order valence-electron chi connectivity index (χ0n) is 8.71. The molecule has 17 heavy (non-hydrogen) atoms. The number of benzene rings is 1. The Morgan fingerprint density at radius 2 is 1.82 bits per heavy atom. The maximum atomic E-state index is 11.9. The number of carbonyl (C=O) groups is 1. The molecule has 1 aromatic heterocycles. The average molecular weight is 268 g/mol. The van der Waals surface area contributed by atoms with E-state index >= 15 is 0 Å². The summed E-state index contributed by atoms with van der Waals surface area (Å²) >= 11 is 11.7. The van der Waals surface area contributed by atoms with Crippen molar-refractivity contribution in [2.24, 2.45) is 0 Å². The van der Waals surface area contributed by atoms with Gasteiger partial charge >= 0.3 is 0 Å². The number of pyridine rings is 1. The lowest BCUT2D eigenvalue weighted by atomic mass is 10.2. The fraction of sp³-hybridized carbons (Fsp3) is 0. The third-order valence-electron chi connectivity index (χ3n) is 2.15. The molecule has 2 aromatic rings. The van der Waals surface area contributed by atoms with Gasteiger partial charge in [0.05, 0.1) is 16.3 Å². The van der Waals surface area contributed by atoms with E-state index in [-0.39, 0.29) is 5.91 Å². The molecule has 0 saturated carbocycles. The van der Waals surface area contributed by atoms with E-state index in [2.05, 4.69) is 10.3 Å². The highest BCUT2D eigenvalue weighted by molar-refractivity contribution is 6.37. The molecule has 0 fully saturated rings. The van der Waals surface area contributed by atoms with Crippen molar-refractivity contribution in [3.05, 3.63) is 58.3 Å². The number of aromatic nitrogens is 1. The zero-order chi connectivity index (χ0) is 12.3. The first-order valence-electron chi connectivity index (χ1n) is 4.89. The SMILES string of the molecule is O=C(Nc1cc[nH+]cc1)c1ccc(Cl)cc1Cl. The molecule has 1 aromatic carbocycles. The summed E-state index contributed by atoms with van der Waals surface area (Å²) in [6, 6.07) is 8.26. The maximum absolute atomic E-state index is 11.9. The van der Waals surface area contributed by atoms with Gasteiger partial charge in [-0.3, -0.25) is 4.79 Å². The minimum absolute atomic E-state index is 0.266. The number of halogens is 2. The van der Waals surface area contributed by atoms with Crippen LogP contribution in [0.25, 0.3) is 0 Å². The van der Waals surface area contributed by atoms with Crippen molar-refractivity contribution in [3.63, 3.8) is 0 Å². The van der Waals surface area contributed by atoms with Gasteiger partial charge in [0.1, 0.15) is 0 Å². The Morgan fingerprint density at radius 1 is 1.12 bits per heavy atom. The van der Waals surface area contributed by atoms with Gasteiger partial charge in [-0.05, 0) is 18.2 Å². The Kier molecular flexibility index (Phi) is 3.61. The molecule has 1 amide bonds. The van der Waals surface area contributed by atoms with Crippen molar-refractivity contribution < 1.29 is 9.78 Å². The monoisotopic (exact) mass is 267 g/mol. The standard InChI is InChI=1S/C12H8Cl2N2O/c13-8-1-2-10(11(14)7-8)12(17)16-9-3-5-15-6-4-9/h1-7H,(H,15,16,17)/p+1. The molecule has 0 unspecified atom stereocenters. The molecule has 0 saturated heterocycles. The number of hydrogen-bond donors (Lipinski definition) is 1. The molecule has 3 nitrogen and oxygen atoms in total. The van der Waals surface area contributed by atoms with Gasteiger partial charge in [-0.1, -0.05) is 23.2 Å². The first kappa shape index (κ1) is 11.9. The van der Waals surface area contributed by atoms with Crippen LogP contribution in [0.5, 0.6) is 0 Å². The van der Waals surface area contributed by atoms with Gasteiger partial charge in [-0.15, -0.1) is 0 Å². The van der Waals surface area contributed by atoms with Crippen LogP contribution in [0.4, 0.5) is 5.69 Å². The van der Waals surface area contributed by atoms with Crippen LogP contribution < -0.4 is 10.3 Å². The topological polar surface area (TPSA) is 43.2 Å². The molecule has 0 aliphatic rings. The lowest BCUT2D eigenvalue weighted by Gasteiger charge is -2.05. The van der Waals surface area contributed by atoms with E-state index in [1.54, 1.807) is 36.7 Å². The number of rotatable bonds is 2. The summed E-state index contributed by atoms with van der Waals surface area (Å²) in [6.45, 7) is 0. The highest BCUT2D eigenvalue weighted by Gasteiger charge is 2.10. The number of aromatic amines is 1. The smallest absolute Gasteiger partial charge is 0.257 e. The van der Waals surface area contributed by atoms with Crippen LogP contribution in [-0.4, -0.2) is 5.91 Å². The number of H-pyrrole nitrogens is 1. The van der Waals surface area contributed by atoms with E-state index in [4.69, 9.17) is 23.2 Å². The van der Waals surface area contributed by atoms with Crippen molar-refractivity contribution in [1.82, 2.24) is 0 Å². The Labute approximate surface area is 108 Å². The quantitative estimate of drug-likeness (QED) is 0.893. The van der Waals surface area contributed by atoms with Crippen molar-refractivity contribution in [1.29, 1.82) is 0 Å². The van der Waals surface area contributed by atoms with Crippen molar-refractivity contribution in [2.45, 2.75) is 0 Å². The molecule has 0 spiro atoms. The molecule has 86 valence electrons. The van der Waals surface area contributed by atoms with Crippen LogP contribution >= 0.6 is 23.2 Å². The normalized spacial score (nSPS) is 10.0. The lowest BCUT2D eigenvalue weighted by Crippen LogP contribution is -2.13. The molecule has 0 atom stereocenters. The summed E-state index contributed by atoms with van der Waals surface area (Å²) < 4.78 is 0. The van der Waals surface area contributed by atoms with Crippen LogP contribution in [0, 0.1) is 0 Å². The van der Waals surface area contributed by atoms with Gasteiger partial charge in [0.25, 0.3) is 5.91 Å². The molecular weight excluding hydrogens is 259 g/mol. The minimum atomic E-state index is -0.266. The summed E-state index contributed by atoms with van der Waals surface area (Å²) in [4.78, 5) is 14.8. The molecule has 2 N–H and O–H groups in total. The second-order valence-electron chi connectivity index (χ2n) is 3.37. The number of nitrogens with one attached hydrogen (secondary N) is 2. The average Bonchev–Trinajstić information content (AvgIpc) is 2.30. The molecule has 5 heteroatoms. The van der Waals surface area contributed by atoms with Gasteiger partial charge in [0, 0.05) is 17.2 Å². The van der Waals surface area contributed by atoms with Crippen molar-refractivity contribution in [3.8, 4) is 0 Å². The number of hydrogen-bond acceptors (Lipinski definition) is 1. The fourth-order valence-electron chi connectivity index (χ4n) is 1.34. The van der Waals surface area contributed by atoms with Crippen LogP contribution in [0.15, 0.2) is 42.7 Å². The van der Waals surface area contributed by atoms with Crippen LogP contribution in [0.1, 0.15) is 10.4 Å². The zero-order valence-corrected chi connectivity index (χ0v) is 10.2. The van der Waals surface area contributed by atoms with Gasteiger partial charge in [-0.2, -0.15) is 0 Å². The van der Waals surface area contributed by atoms with Crippen LogP contribution in [-0.2, 0) is 0 Å². The summed E-state index contributed by atoms with van der Waals surface area (Å²) in [5.74, 6) is -0.266. The largest absolute Gasteiger partial charge is 0.321 e. The molecule has 0 bridgehead atoms. The predicted octanol–water partition coefficient (Wildman–Crippen LogP) is 3.06. The Morgan fingerprint density at radius 3 is 2.47 bits per heavy atom. The summed E-state index contributed by atoms with van der Waals surface area (Å²) in [6.07, 6.45) is 3.44. The highest BCUT2D eigenvalue weighted by Crippen LogP contribution is 2.21. The Bertz CT molecular complexity index is 543. The Hall–Kier alpha value is -1.58. The third kappa shape index (κ3) is 2.96.